The van der Waals surface area contributed by atoms with E-state index in [-0.39, 0.29) is 0 Å². The number of unbranched alkanes of at least 4 members (excludes halogenated alkanes) is 3. The van der Waals surface area contributed by atoms with E-state index in [2.05, 4.69) is 39.6 Å². The van der Waals surface area contributed by atoms with Crippen molar-refractivity contribution >= 4 is 58.1 Å². The van der Waals surface area contributed by atoms with Gasteiger partial charge in [0.05, 0.1) is 0 Å². The van der Waals surface area contributed by atoms with Gasteiger partial charge in [0, 0.05) is 30.7 Å². The fraction of sp³-hybridized carbons (Fsp3) is 1.00. The predicted molar refractivity (Wildman–Crippen MR) is 151 cm³/mol. The van der Waals surface area contributed by atoms with Crippen molar-refractivity contribution in [3.63, 3.8) is 0 Å². The average molecular weight is 495 g/mol. The Morgan fingerprint density at radius 1 is 0.571 bits per heavy atom. The minimum absolute atomic E-state index is 1.01. The molecule has 10 heteroatoms. The molecule has 0 saturated carbocycles. The summed E-state index contributed by atoms with van der Waals surface area (Å²) in [5.41, 5.74) is 0. The Morgan fingerprint density at radius 3 is 1.07 bits per heavy atom. The number of nitrogens with one attached hydrogen (secondary N) is 3. The molecule has 28 heavy (non-hydrogen) atoms. The third-order valence-corrected chi connectivity index (χ3v) is 25.0. The maximum atomic E-state index is 4.18. The van der Waals surface area contributed by atoms with Crippen LogP contribution in [0.1, 0.15) is 59.3 Å². The van der Waals surface area contributed by atoms with Gasteiger partial charge in [-0.1, -0.05) is 58.2 Å². The summed E-state index contributed by atoms with van der Waals surface area (Å²) in [5.74, 6) is 0. The summed E-state index contributed by atoms with van der Waals surface area (Å²) in [5, 5.41) is 0. The predicted octanol–water partition coefficient (Wildman–Crippen LogP) is -0.530. The van der Waals surface area contributed by atoms with Gasteiger partial charge in [-0.25, -0.2) is 0 Å². The van der Waals surface area contributed by atoms with Crippen molar-refractivity contribution in [2.75, 3.05) is 19.6 Å². The molecule has 170 valence electrons. The van der Waals surface area contributed by atoms with Gasteiger partial charge in [-0.2, -0.15) is 0 Å². The lowest BCUT2D eigenvalue weighted by Crippen LogP contribution is -2.70. The van der Waals surface area contributed by atoms with Gasteiger partial charge in [0.2, 0.25) is 0 Å². The average Bonchev–Trinajstić information content (AvgIpc) is 2.68. The summed E-state index contributed by atoms with van der Waals surface area (Å²) in [6.07, 6.45) is 8.02. The normalized spacial score (nSPS) is 15.4. The molecule has 0 bridgehead atoms. The summed E-state index contributed by atoms with van der Waals surface area (Å²) in [7, 11) is 1.06. The molecular formula is C18H54N4Si6. The zero-order valence-electron chi connectivity index (χ0n) is 20.3. The van der Waals surface area contributed by atoms with E-state index in [0.717, 1.165) is 0 Å². The van der Waals surface area contributed by atoms with Gasteiger partial charge in [0.25, 0.3) is 0 Å². The first-order chi connectivity index (χ1) is 13.7. The molecule has 0 aromatic rings. The summed E-state index contributed by atoms with van der Waals surface area (Å²) in [6, 6.07) is 8.99. The molecule has 0 aliphatic rings. The highest BCUT2D eigenvalue weighted by Gasteiger charge is 2.33. The monoisotopic (exact) mass is 494 g/mol. The van der Waals surface area contributed by atoms with Crippen LogP contribution in [0.3, 0.4) is 0 Å². The van der Waals surface area contributed by atoms with Crippen LogP contribution >= 0.6 is 0 Å². The molecule has 0 aromatic heterocycles. The van der Waals surface area contributed by atoms with Crippen LogP contribution < -0.4 is 14.9 Å². The van der Waals surface area contributed by atoms with Crippen molar-refractivity contribution in [1.82, 2.24) is 18.8 Å². The molecule has 0 saturated heterocycles. The largest absolute Gasteiger partial charge is 0.339 e. The van der Waals surface area contributed by atoms with Crippen molar-refractivity contribution in [3.8, 4) is 0 Å². The van der Waals surface area contributed by atoms with Gasteiger partial charge in [0.15, 0.2) is 27.4 Å². The van der Waals surface area contributed by atoms with Crippen LogP contribution in [0.4, 0.5) is 0 Å². The topological polar surface area (TPSA) is 39.3 Å². The number of rotatable bonds is 21. The Kier molecular flexibility index (Phi) is 22.2. The van der Waals surface area contributed by atoms with Gasteiger partial charge >= 0.3 is 0 Å². The smallest absolute Gasteiger partial charge is 0.175 e. The summed E-state index contributed by atoms with van der Waals surface area (Å²) in [4.78, 5) is 12.5. The Balaban J connectivity index is 5.51. The fourth-order valence-corrected chi connectivity index (χ4v) is 24.0. The summed E-state index contributed by atoms with van der Waals surface area (Å²) >= 11 is 0. The third-order valence-electron chi connectivity index (χ3n) is 5.50. The molecular weight excluding hydrogens is 441 g/mol. The van der Waals surface area contributed by atoms with Gasteiger partial charge in [-0.15, -0.1) is 0 Å². The quantitative estimate of drug-likeness (QED) is 0.148. The lowest BCUT2D eigenvalue weighted by Gasteiger charge is -2.43. The van der Waals surface area contributed by atoms with E-state index in [0.29, 0.717) is 0 Å². The molecule has 3 atom stereocenters. The molecule has 0 amide bonds. The number of hydrogen-bond acceptors (Lipinski definition) is 4. The van der Waals surface area contributed by atoms with E-state index >= 15 is 0 Å². The zero-order chi connectivity index (χ0) is 21.0. The van der Waals surface area contributed by atoms with Crippen LogP contribution in [0.25, 0.3) is 0 Å². The Bertz CT molecular complexity index is 283. The number of hydrogen-bond donors (Lipinski definition) is 3. The van der Waals surface area contributed by atoms with E-state index in [1.807, 2.05) is 0 Å². The van der Waals surface area contributed by atoms with E-state index in [4.69, 9.17) is 0 Å². The van der Waals surface area contributed by atoms with E-state index in [9.17, 15) is 0 Å². The van der Waals surface area contributed by atoms with Crippen molar-refractivity contribution in [2.24, 2.45) is 0 Å². The molecule has 0 fully saturated rings. The van der Waals surface area contributed by atoms with E-state index < -0.39 is 27.4 Å². The molecule has 0 aliphatic heterocycles. The van der Waals surface area contributed by atoms with Crippen LogP contribution in [0.15, 0.2) is 0 Å². The molecule has 0 rings (SSSR count). The van der Waals surface area contributed by atoms with E-state index in [1.54, 1.807) is 0 Å². The molecule has 3 N–H and O–H groups in total. The molecule has 0 radical (unpaired) electrons. The highest BCUT2D eigenvalue weighted by atomic mass is 28.4. The van der Waals surface area contributed by atoms with Crippen molar-refractivity contribution in [3.05, 3.63) is 0 Å². The Morgan fingerprint density at radius 2 is 0.857 bits per heavy atom. The lowest BCUT2D eigenvalue weighted by molar-refractivity contribution is 0.690. The lowest BCUT2D eigenvalue weighted by atomic mass is 10.3. The molecule has 0 heterocycles. The maximum absolute atomic E-state index is 4.18. The molecule has 0 aliphatic carbocycles. The maximum Gasteiger partial charge on any atom is 0.175 e. The van der Waals surface area contributed by atoms with E-state index in [1.165, 1.54) is 125 Å². The van der Waals surface area contributed by atoms with Crippen LogP contribution in [-0.4, -0.2) is 81.6 Å². The van der Waals surface area contributed by atoms with Crippen LogP contribution in [0.2, 0.25) is 36.3 Å². The minimum Gasteiger partial charge on any atom is -0.339 e. The number of nitrogens with zero attached hydrogens (tertiary/aromatic N) is 1. The third kappa shape index (κ3) is 13.4. The first-order valence-corrected chi connectivity index (χ1v) is 22.6. The SMILES string of the molecule is CCCCN[SiH](CC[SiH3])N([SiH](CC[SiH3])NCCCC)[SiH](CC[SiH3])NCCCC. The van der Waals surface area contributed by atoms with Crippen molar-refractivity contribution in [2.45, 2.75) is 95.6 Å². The fourth-order valence-electron chi connectivity index (χ4n) is 3.88. The van der Waals surface area contributed by atoms with Gasteiger partial charge in [-0.3, -0.25) is 0 Å². The standard InChI is InChI=1S/C18H54N4Si6/c1-4-7-10-19-26(16-13-23)22(27(17-14-24)20-11-8-5-2)28(18-15-25)21-12-9-6-3/h19-21,26-28H,4-18H2,1-3,23-25H3. The second-order valence-electron chi connectivity index (χ2n) is 8.28. The first-order valence-electron chi connectivity index (χ1n) is 12.7. The Labute approximate surface area is 191 Å². The van der Waals surface area contributed by atoms with Crippen LogP contribution in [0, 0.1) is 0 Å². The summed E-state index contributed by atoms with van der Waals surface area (Å²) in [6.45, 7) is 10.8. The van der Waals surface area contributed by atoms with Crippen molar-refractivity contribution < 1.29 is 0 Å². The van der Waals surface area contributed by atoms with Crippen molar-refractivity contribution in [1.29, 1.82) is 0 Å². The Hall–Kier alpha value is 1.14. The molecule has 3 unspecified atom stereocenters. The zero-order valence-corrected chi connectivity index (χ0v) is 29.7. The van der Waals surface area contributed by atoms with Crippen LogP contribution in [0.5, 0.6) is 0 Å². The first kappa shape index (κ1) is 29.1. The molecule has 0 spiro atoms. The van der Waals surface area contributed by atoms with Crippen LogP contribution in [-0.2, 0) is 0 Å². The highest BCUT2D eigenvalue weighted by molar-refractivity contribution is 6.85. The molecule has 4 nitrogen and oxygen atoms in total. The van der Waals surface area contributed by atoms with Gasteiger partial charge in [-0.05, 0) is 57.0 Å². The van der Waals surface area contributed by atoms with Gasteiger partial charge < -0.3 is 18.8 Å². The van der Waals surface area contributed by atoms with Gasteiger partial charge in [0.1, 0.15) is 0 Å². The molecule has 0 aromatic carbocycles. The second kappa shape index (κ2) is 21.4. The highest BCUT2D eigenvalue weighted by Crippen LogP contribution is 2.13. The summed E-state index contributed by atoms with van der Waals surface area (Å²) < 4.78 is 3.27. The minimum atomic E-state index is -1.01. The second-order valence-corrected chi connectivity index (χ2v) is 20.9.